The van der Waals surface area contributed by atoms with Crippen LogP contribution in [0.1, 0.15) is 11.6 Å². The van der Waals surface area contributed by atoms with E-state index in [1.165, 1.54) is 0 Å². The Morgan fingerprint density at radius 3 is 2.44 bits per heavy atom. The molecule has 1 N–H and O–H groups in total. The molecule has 0 saturated heterocycles. The number of benzene rings is 1. The van der Waals surface area contributed by atoms with Crippen molar-refractivity contribution in [3.8, 4) is 0 Å². The van der Waals surface area contributed by atoms with Crippen molar-refractivity contribution in [2.75, 3.05) is 6.67 Å². The van der Waals surface area contributed by atoms with Gasteiger partial charge in [0.15, 0.2) is 0 Å². The number of halogens is 2. The molecule has 6 heteroatoms. The van der Waals surface area contributed by atoms with Crippen LogP contribution in [-0.2, 0) is 10.0 Å². The molecule has 0 radical (unpaired) electrons. The van der Waals surface area contributed by atoms with Crippen LogP contribution in [0, 0.1) is 0 Å². The highest BCUT2D eigenvalue weighted by molar-refractivity contribution is 9.10. The van der Waals surface area contributed by atoms with E-state index in [0.29, 0.717) is 5.56 Å². The number of hydrogen-bond acceptors (Lipinski definition) is 2. The Morgan fingerprint density at radius 1 is 1.44 bits per heavy atom. The fraction of sp³-hybridized carbons (Fsp3) is 0.200. The zero-order valence-corrected chi connectivity index (χ0v) is 10.8. The number of alkyl halides is 1. The lowest BCUT2D eigenvalue weighted by atomic mass is 10.1. The average molecular weight is 308 g/mol. The molecule has 0 saturated carbocycles. The van der Waals surface area contributed by atoms with Crippen molar-refractivity contribution < 1.29 is 12.8 Å². The van der Waals surface area contributed by atoms with Crippen LogP contribution in [0.2, 0.25) is 0 Å². The highest BCUT2D eigenvalue weighted by atomic mass is 79.9. The second-order valence-electron chi connectivity index (χ2n) is 3.09. The summed E-state index contributed by atoms with van der Waals surface area (Å²) in [7, 11) is -3.63. The van der Waals surface area contributed by atoms with Gasteiger partial charge in [-0.2, -0.15) is 0 Å². The normalized spacial score (nSPS) is 13.4. The fourth-order valence-electron chi connectivity index (χ4n) is 1.13. The van der Waals surface area contributed by atoms with Gasteiger partial charge in [0, 0.05) is 9.88 Å². The summed E-state index contributed by atoms with van der Waals surface area (Å²) in [5, 5.41) is 0.758. The van der Waals surface area contributed by atoms with Crippen LogP contribution >= 0.6 is 15.9 Å². The first-order valence-corrected chi connectivity index (χ1v) is 6.78. The predicted octanol–water partition coefficient (Wildman–Crippen LogP) is 2.52. The molecule has 1 aromatic carbocycles. The van der Waals surface area contributed by atoms with Crippen molar-refractivity contribution in [3.05, 3.63) is 46.3 Å². The highest BCUT2D eigenvalue weighted by Crippen LogP contribution is 2.18. The van der Waals surface area contributed by atoms with E-state index in [-0.39, 0.29) is 0 Å². The second-order valence-corrected chi connectivity index (χ2v) is 5.66. The molecule has 0 bridgehead atoms. The molecule has 3 nitrogen and oxygen atoms in total. The van der Waals surface area contributed by atoms with Gasteiger partial charge in [0.1, 0.15) is 6.67 Å². The maximum atomic E-state index is 12.7. The van der Waals surface area contributed by atoms with Crippen LogP contribution in [-0.4, -0.2) is 15.1 Å². The summed E-state index contributed by atoms with van der Waals surface area (Å²) < 4.78 is 38.2. The van der Waals surface area contributed by atoms with E-state index in [4.69, 9.17) is 0 Å². The largest absolute Gasteiger partial charge is 0.249 e. The van der Waals surface area contributed by atoms with Gasteiger partial charge in [-0.1, -0.05) is 34.6 Å². The van der Waals surface area contributed by atoms with E-state index in [1.807, 2.05) is 0 Å². The highest BCUT2D eigenvalue weighted by Gasteiger charge is 2.16. The molecule has 88 valence electrons. The third-order valence-corrected chi connectivity index (χ3v) is 3.53. The van der Waals surface area contributed by atoms with Crippen molar-refractivity contribution in [2.24, 2.45) is 0 Å². The first-order valence-electron chi connectivity index (χ1n) is 4.44. The quantitative estimate of drug-likeness (QED) is 0.908. The fourth-order valence-corrected chi connectivity index (χ4v) is 2.09. The standard InChI is InChI=1S/C10H11BrFNO2S/c1-2-16(14,15)13-10(7-12)8-3-5-9(11)6-4-8/h2-6,10,13H,1,7H2. The van der Waals surface area contributed by atoms with Gasteiger partial charge in [-0.25, -0.2) is 17.5 Å². The number of rotatable bonds is 5. The summed E-state index contributed by atoms with van der Waals surface area (Å²) in [6.07, 6.45) is 0. The number of sulfonamides is 1. The minimum Gasteiger partial charge on any atom is -0.249 e. The van der Waals surface area contributed by atoms with Crippen molar-refractivity contribution >= 4 is 26.0 Å². The summed E-state index contributed by atoms with van der Waals surface area (Å²) in [6, 6.07) is 5.87. The second kappa shape index (κ2) is 5.56. The van der Waals surface area contributed by atoms with Crippen LogP contribution in [0.3, 0.4) is 0 Å². The van der Waals surface area contributed by atoms with Gasteiger partial charge in [0.25, 0.3) is 0 Å². The molecule has 1 unspecified atom stereocenters. The summed E-state index contributed by atoms with van der Waals surface area (Å²) in [5.74, 6) is 0. The third-order valence-electron chi connectivity index (χ3n) is 1.95. The monoisotopic (exact) mass is 307 g/mol. The van der Waals surface area contributed by atoms with E-state index < -0.39 is 22.7 Å². The molecule has 0 aliphatic rings. The maximum absolute atomic E-state index is 12.7. The Morgan fingerprint density at radius 2 is 2.00 bits per heavy atom. The van der Waals surface area contributed by atoms with Crippen molar-refractivity contribution in [3.63, 3.8) is 0 Å². The number of hydrogen-bond donors (Lipinski definition) is 1. The summed E-state index contributed by atoms with van der Waals surface area (Å²) >= 11 is 3.24. The lowest BCUT2D eigenvalue weighted by Crippen LogP contribution is -2.28. The zero-order valence-electron chi connectivity index (χ0n) is 8.36. The molecule has 1 rings (SSSR count). The van der Waals surface area contributed by atoms with Crippen molar-refractivity contribution in [2.45, 2.75) is 6.04 Å². The Bertz CT molecular complexity index is 458. The van der Waals surface area contributed by atoms with Crippen LogP contribution in [0.5, 0.6) is 0 Å². The molecule has 1 aromatic rings. The van der Waals surface area contributed by atoms with Gasteiger partial charge in [-0.3, -0.25) is 0 Å². The van der Waals surface area contributed by atoms with Crippen LogP contribution in [0.25, 0.3) is 0 Å². The van der Waals surface area contributed by atoms with Crippen LogP contribution in [0.4, 0.5) is 4.39 Å². The van der Waals surface area contributed by atoms with E-state index in [1.54, 1.807) is 24.3 Å². The van der Waals surface area contributed by atoms with Gasteiger partial charge in [0.05, 0.1) is 6.04 Å². The molecule has 0 heterocycles. The van der Waals surface area contributed by atoms with Crippen LogP contribution in [0.15, 0.2) is 40.7 Å². The summed E-state index contributed by atoms with van der Waals surface area (Å²) in [6.45, 7) is 2.34. The first-order chi connectivity index (χ1) is 7.48. The predicted molar refractivity (Wildman–Crippen MR) is 65.1 cm³/mol. The van der Waals surface area contributed by atoms with Gasteiger partial charge >= 0.3 is 0 Å². The van der Waals surface area contributed by atoms with E-state index in [2.05, 4.69) is 27.2 Å². The first kappa shape index (κ1) is 13.3. The molecular formula is C10H11BrFNO2S. The van der Waals surface area contributed by atoms with Crippen molar-refractivity contribution in [1.82, 2.24) is 4.72 Å². The Labute approximate surface area is 103 Å². The molecule has 0 aromatic heterocycles. The topological polar surface area (TPSA) is 46.2 Å². The Balaban J connectivity index is 2.91. The zero-order chi connectivity index (χ0) is 12.2. The molecule has 0 aliphatic carbocycles. The molecule has 1 atom stereocenters. The van der Waals surface area contributed by atoms with E-state index in [0.717, 1.165) is 9.88 Å². The van der Waals surface area contributed by atoms with Gasteiger partial charge in [-0.15, -0.1) is 0 Å². The van der Waals surface area contributed by atoms with Crippen LogP contribution < -0.4 is 4.72 Å². The minimum atomic E-state index is -3.63. The average Bonchev–Trinajstić information content (AvgIpc) is 2.27. The molecule has 0 aliphatic heterocycles. The van der Waals surface area contributed by atoms with Gasteiger partial charge < -0.3 is 0 Å². The molecular weight excluding hydrogens is 297 g/mol. The van der Waals surface area contributed by atoms with Gasteiger partial charge in [0.2, 0.25) is 10.0 Å². The van der Waals surface area contributed by atoms with Gasteiger partial charge in [-0.05, 0) is 17.7 Å². The maximum Gasteiger partial charge on any atom is 0.233 e. The van der Waals surface area contributed by atoms with E-state index >= 15 is 0 Å². The summed E-state index contributed by atoms with van der Waals surface area (Å²) in [4.78, 5) is 0. The van der Waals surface area contributed by atoms with E-state index in [9.17, 15) is 12.8 Å². The number of nitrogens with one attached hydrogen (secondary N) is 1. The Hall–Kier alpha value is -0.720. The SMILES string of the molecule is C=CS(=O)(=O)NC(CF)c1ccc(Br)cc1. The minimum absolute atomic E-state index is 0.566. The lowest BCUT2D eigenvalue weighted by molar-refractivity contribution is 0.415. The molecule has 0 amide bonds. The molecule has 0 fully saturated rings. The molecule has 0 spiro atoms. The third kappa shape index (κ3) is 3.70. The van der Waals surface area contributed by atoms with Crippen molar-refractivity contribution in [1.29, 1.82) is 0 Å². The summed E-state index contributed by atoms with van der Waals surface area (Å²) in [5.41, 5.74) is 0.566. The lowest BCUT2D eigenvalue weighted by Gasteiger charge is -2.14. The Kier molecular flexibility index (Phi) is 4.64. The smallest absolute Gasteiger partial charge is 0.233 e. The molecule has 16 heavy (non-hydrogen) atoms.